The molecule has 1 aliphatic carbocycles. The van der Waals surface area contributed by atoms with Crippen molar-refractivity contribution in [2.24, 2.45) is 0 Å². The van der Waals surface area contributed by atoms with Crippen LogP contribution in [0.2, 0.25) is 0 Å². The van der Waals surface area contributed by atoms with E-state index in [9.17, 15) is 9.90 Å². The molecule has 3 rings (SSSR count). The highest BCUT2D eigenvalue weighted by Crippen LogP contribution is 2.36. The Hall–Kier alpha value is -0.890. The molecule has 2 heterocycles. The van der Waals surface area contributed by atoms with Crippen LogP contribution >= 0.6 is 0 Å². The largest absolute Gasteiger partial charge is 0.465 e. The summed E-state index contributed by atoms with van der Waals surface area (Å²) in [4.78, 5) is 12.3. The van der Waals surface area contributed by atoms with Gasteiger partial charge in [-0.2, -0.15) is 0 Å². The van der Waals surface area contributed by atoms with Crippen molar-refractivity contribution < 1.29 is 24.5 Å². The molecule has 3 fully saturated rings. The normalized spacial score (nSPS) is 33.5. The molecule has 21 heavy (non-hydrogen) atoms. The number of nitrogens with one attached hydrogen (secondary N) is 1. The van der Waals surface area contributed by atoms with Gasteiger partial charge in [0, 0.05) is 38.0 Å². The van der Waals surface area contributed by atoms with Crippen LogP contribution in [-0.4, -0.2) is 71.5 Å². The molecule has 120 valence electrons. The van der Waals surface area contributed by atoms with Gasteiger partial charge in [0.05, 0.1) is 19.3 Å². The number of hydrogen-bond donors (Lipinski definition) is 3. The molecular weight excluding hydrogens is 276 g/mol. The van der Waals surface area contributed by atoms with Crippen LogP contribution in [0.5, 0.6) is 0 Å². The zero-order valence-corrected chi connectivity index (χ0v) is 12.2. The molecule has 0 radical (unpaired) electrons. The third-order valence-corrected chi connectivity index (χ3v) is 4.85. The quantitative estimate of drug-likeness (QED) is 0.683. The summed E-state index contributed by atoms with van der Waals surface area (Å²) < 4.78 is 11.5. The van der Waals surface area contributed by atoms with Crippen LogP contribution in [0, 0.1) is 0 Å². The summed E-state index contributed by atoms with van der Waals surface area (Å²) in [6.07, 6.45) is 2.40. The van der Waals surface area contributed by atoms with Crippen LogP contribution in [0.1, 0.15) is 32.1 Å². The van der Waals surface area contributed by atoms with Gasteiger partial charge in [0.25, 0.3) is 0 Å². The predicted molar refractivity (Wildman–Crippen MR) is 74.0 cm³/mol. The van der Waals surface area contributed by atoms with E-state index in [-0.39, 0.29) is 18.2 Å². The number of likely N-dealkylation sites (tertiary alicyclic amines) is 1. The summed E-state index contributed by atoms with van der Waals surface area (Å²) in [7, 11) is 0. The van der Waals surface area contributed by atoms with Gasteiger partial charge < -0.3 is 29.9 Å². The minimum atomic E-state index is -0.849. The number of hydrogen-bond acceptors (Lipinski definition) is 5. The smallest absolute Gasteiger partial charge is 0.407 e. The summed E-state index contributed by atoms with van der Waals surface area (Å²) in [6.45, 7) is 2.35. The average molecular weight is 300 g/mol. The van der Waals surface area contributed by atoms with Crippen LogP contribution in [0.15, 0.2) is 0 Å². The maximum absolute atomic E-state index is 10.9. The number of nitrogens with zero attached hydrogens (tertiary/aromatic N) is 1. The summed E-state index contributed by atoms with van der Waals surface area (Å²) in [5, 5.41) is 22.7. The van der Waals surface area contributed by atoms with E-state index < -0.39 is 11.9 Å². The van der Waals surface area contributed by atoms with Gasteiger partial charge in [-0.05, 0) is 19.3 Å². The van der Waals surface area contributed by atoms with Crippen molar-refractivity contribution >= 4 is 6.09 Å². The Kier molecular flexibility index (Phi) is 4.35. The topological polar surface area (TPSA) is 91.3 Å². The highest BCUT2D eigenvalue weighted by atomic mass is 16.7. The first-order valence-corrected chi connectivity index (χ1v) is 7.78. The molecule has 3 N–H and O–H groups in total. The number of ether oxygens (including phenoxy) is 2. The summed E-state index contributed by atoms with van der Waals surface area (Å²) in [5.74, 6) is -0.515. The molecule has 7 heteroatoms. The monoisotopic (exact) mass is 300 g/mol. The van der Waals surface area contributed by atoms with E-state index in [1.54, 1.807) is 0 Å². The van der Waals surface area contributed by atoms with Crippen molar-refractivity contribution in [1.29, 1.82) is 0 Å². The molecule has 2 saturated heterocycles. The molecule has 0 unspecified atom stereocenters. The van der Waals surface area contributed by atoms with Gasteiger partial charge in [-0.25, -0.2) is 4.79 Å². The van der Waals surface area contributed by atoms with Crippen molar-refractivity contribution in [2.75, 3.05) is 26.3 Å². The number of aliphatic hydroxyl groups is 1. The molecule has 2 atom stereocenters. The predicted octanol–water partition coefficient (Wildman–Crippen LogP) is 0.375. The van der Waals surface area contributed by atoms with Crippen LogP contribution < -0.4 is 5.32 Å². The Morgan fingerprint density at radius 2 is 1.86 bits per heavy atom. The number of amides is 1. The lowest BCUT2D eigenvalue weighted by Crippen LogP contribution is -2.56. The number of piperidine rings is 1. The number of aliphatic hydroxyl groups excluding tert-OH is 1. The van der Waals surface area contributed by atoms with Gasteiger partial charge in [-0.15, -0.1) is 0 Å². The van der Waals surface area contributed by atoms with Gasteiger partial charge >= 0.3 is 6.09 Å². The summed E-state index contributed by atoms with van der Waals surface area (Å²) >= 11 is 0. The average Bonchev–Trinajstić information content (AvgIpc) is 2.92. The molecule has 0 aromatic heterocycles. The van der Waals surface area contributed by atoms with E-state index in [1.165, 1.54) is 4.90 Å². The minimum Gasteiger partial charge on any atom is -0.465 e. The Morgan fingerprint density at radius 1 is 1.19 bits per heavy atom. The van der Waals surface area contributed by atoms with Gasteiger partial charge in [0.1, 0.15) is 0 Å². The van der Waals surface area contributed by atoms with E-state index >= 15 is 0 Å². The molecule has 3 aliphatic rings. The third kappa shape index (κ3) is 3.31. The Morgan fingerprint density at radius 3 is 2.48 bits per heavy atom. The van der Waals surface area contributed by atoms with Crippen LogP contribution in [0.4, 0.5) is 4.79 Å². The lowest BCUT2D eigenvalue weighted by atomic mass is 9.86. The second-order valence-electron chi connectivity index (χ2n) is 6.23. The number of carboxylic acid groups (broad SMARTS) is 1. The molecule has 1 amide bonds. The van der Waals surface area contributed by atoms with Gasteiger partial charge in [-0.3, -0.25) is 0 Å². The van der Waals surface area contributed by atoms with E-state index in [0.717, 1.165) is 19.3 Å². The zero-order chi connectivity index (χ0) is 14.9. The molecule has 1 saturated carbocycles. The molecule has 2 aliphatic heterocycles. The fourth-order valence-corrected chi connectivity index (χ4v) is 3.61. The summed E-state index contributed by atoms with van der Waals surface area (Å²) in [5.41, 5.74) is 0. The first-order chi connectivity index (χ1) is 10.1. The molecule has 1 spiro atoms. The van der Waals surface area contributed by atoms with Crippen molar-refractivity contribution in [3.05, 3.63) is 0 Å². The Labute approximate surface area is 124 Å². The van der Waals surface area contributed by atoms with Crippen molar-refractivity contribution in [3.63, 3.8) is 0 Å². The Bertz CT molecular complexity index is 378. The van der Waals surface area contributed by atoms with Crippen molar-refractivity contribution in [1.82, 2.24) is 10.2 Å². The molecule has 7 nitrogen and oxygen atoms in total. The van der Waals surface area contributed by atoms with Gasteiger partial charge in [-0.1, -0.05) is 0 Å². The van der Waals surface area contributed by atoms with Gasteiger partial charge in [0.2, 0.25) is 0 Å². The standard InChI is InChI=1S/C14H24N2O5/c17-12-1-4-14(20-7-8-21-14)9-11(12)15-10-2-5-16(6-3-10)13(18)19/h10-12,15,17H,1-9H2,(H,18,19)/t11-,12-/m0/s1. The first kappa shape index (κ1) is 15.0. The van der Waals surface area contributed by atoms with Crippen molar-refractivity contribution in [2.45, 2.75) is 56.1 Å². The van der Waals surface area contributed by atoms with Gasteiger partial charge in [0.15, 0.2) is 5.79 Å². The SMILES string of the molecule is O=C(O)N1CCC(N[C@H]2CC3(CC[C@@H]2O)OCCO3)CC1. The van der Waals surface area contributed by atoms with E-state index in [2.05, 4.69) is 5.32 Å². The second kappa shape index (κ2) is 6.08. The maximum Gasteiger partial charge on any atom is 0.407 e. The molecular formula is C14H24N2O5. The lowest BCUT2D eigenvalue weighted by Gasteiger charge is -2.42. The van der Waals surface area contributed by atoms with Crippen LogP contribution in [-0.2, 0) is 9.47 Å². The highest BCUT2D eigenvalue weighted by Gasteiger charge is 2.45. The molecule has 0 aromatic rings. The first-order valence-electron chi connectivity index (χ1n) is 7.78. The highest BCUT2D eigenvalue weighted by molar-refractivity contribution is 5.65. The fourth-order valence-electron chi connectivity index (χ4n) is 3.61. The fraction of sp³-hybridized carbons (Fsp3) is 0.929. The second-order valence-corrected chi connectivity index (χ2v) is 6.23. The maximum atomic E-state index is 10.9. The van der Waals surface area contributed by atoms with E-state index in [1.807, 2.05) is 0 Å². The van der Waals surface area contributed by atoms with E-state index in [4.69, 9.17) is 14.6 Å². The molecule has 0 aromatic carbocycles. The van der Waals surface area contributed by atoms with Crippen LogP contribution in [0.25, 0.3) is 0 Å². The number of rotatable bonds is 2. The van der Waals surface area contributed by atoms with Crippen LogP contribution in [0.3, 0.4) is 0 Å². The van der Waals surface area contributed by atoms with E-state index in [0.29, 0.717) is 39.1 Å². The summed E-state index contributed by atoms with van der Waals surface area (Å²) in [6, 6.07) is 0.204. The van der Waals surface area contributed by atoms with Crippen molar-refractivity contribution in [3.8, 4) is 0 Å². The number of carbonyl (C=O) groups is 1. The lowest BCUT2D eigenvalue weighted by molar-refractivity contribution is -0.195. The minimum absolute atomic E-state index is 0.0433. The Balaban J connectivity index is 1.53. The zero-order valence-electron chi connectivity index (χ0n) is 12.2. The molecule has 0 bridgehead atoms. The third-order valence-electron chi connectivity index (χ3n) is 4.85.